The second-order valence-corrected chi connectivity index (χ2v) is 8.66. The summed E-state index contributed by atoms with van der Waals surface area (Å²) < 4.78 is 0. The fourth-order valence-corrected chi connectivity index (χ4v) is 3.83. The Morgan fingerprint density at radius 3 is 2.58 bits per heavy atom. The molecule has 1 aromatic rings. The molecule has 2 heterocycles. The molecule has 0 radical (unpaired) electrons. The lowest BCUT2D eigenvalue weighted by Gasteiger charge is -2.34. The summed E-state index contributed by atoms with van der Waals surface area (Å²) in [6, 6.07) is 3.64. The van der Waals surface area contributed by atoms with Gasteiger partial charge >= 0.3 is 0 Å². The SMILES string of the molecule is CN(CC1CC1)c1cc(C(=O)N2CC(C)(C)C(O)C2(C)C)ccn1. The van der Waals surface area contributed by atoms with E-state index in [2.05, 4.69) is 9.88 Å². The summed E-state index contributed by atoms with van der Waals surface area (Å²) in [5, 5.41) is 10.6. The first-order chi connectivity index (χ1) is 11.1. The highest BCUT2D eigenvalue weighted by atomic mass is 16.3. The minimum atomic E-state index is -0.579. The minimum Gasteiger partial charge on any atom is -0.390 e. The number of rotatable bonds is 4. The summed E-state index contributed by atoms with van der Waals surface area (Å²) in [6.45, 7) is 9.43. The number of hydrogen-bond acceptors (Lipinski definition) is 4. The molecule has 1 amide bonds. The number of pyridine rings is 1. The highest BCUT2D eigenvalue weighted by Gasteiger charge is 2.53. The molecule has 1 aromatic heterocycles. The molecule has 0 bridgehead atoms. The molecule has 1 saturated carbocycles. The molecule has 1 aliphatic carbocycles. The van der Waals surface area contributed by atoms with E-state index in [9.17, 15) is 9.90 Å². The Labute approximate surface area is 144 Å². The van der Waals surface area contributed by atoms with Crippen molar-refractivity contribution >= 4 is 11.7 Å². The van der Waals surface area contributed by atoms with Gasteiger partial charge in [0, 0.05) is 37.3 Å². The second-order valence-electron chi connectivity index (χ2n) is 8.66. The van der Waals surface area contributed by atoms with E-state index < -0.39 is 11.6 Å². The van der Waals surface area contributed by atoms with Crippen LogP contribution in [0.5, 0.6) is 0 Å². The third kappa shape index (κ3) is 3.02. The van der Waals surface area contributed by atoms with E-state index in [1.165, 1.54) is 12.8 Å². The second kappa shape index (κ2) is 5.73. The van der Waals surface area contributed by atoms with Crippen LogP contribution in [-0.4, -0.2) is 52.7 Å². The molecular formula is C19H29N3O2. The van der Waals surface area contributed by atoms with Gasteiger partial charge in [0.15, 0.2) is 0 Å². The number of carbonyl (C=O) groups is 1. The average Bonchev–Trinajstić information content (AvgIpc) is 3.32. The fourth-order valence-electron chi connectivity index (χ4n) is 3.83. The Bertz CT molecular complexity index is 637. The maximum absolute atomic E-state index is 13.1. The topological polar surface area (TPSA) is 56.7 Å². The van der Waals surface area contributed by atoms with E-state index in [4.69, 9.17) is 0 Å². The van der Waals surface area contributed by atoms with Crippen LogP contribution in [0, 0.1) is 11.3 Å². The van der Waals surface area contributed by atoms with E-state index in [1.807, 2.05) is 40.8 Å². The third-order valence-electron chi connectivity index (χ3n) is 5.53. The molecule has 132 valence electrons. The van der Waals surface area contributed by atoms with Gasteiger partial charge in [0.25, 0.3) is 5.91 Å². The molecule has 5 nitrogen and oxygen atoms in total. The van der Waals surface area contributed by atoms with E-state index >= 15 is 0 Å². The van der Waals surface area contributed by atoms with Crippen LogP contribution < -0.4 is 4.90 Å². The summed E-state index contributed by atoms with van der Waals surface area (Å²) >= 11 is 0. The van der Waals surface area contributed by atoms with Crippen LogP contribution in [0.3, 0.4) is 0 Å². The molecule has 1 saturated heterocycles. The summed E-state index contributed by atoms with van der Waals surface area (Å²) in [6.07, 6.45) is 3.74. The fraction of sp³-hybridized carbons (Fsp3) is 0.684. The molecule has 0 spiro atoms. The summed E-state index contributed by atoms with van der Waals surface area (Å²) in [7, 11) is 2.03. The molecule has 1 aliphatic heterocycles. The predicted molar refractivity (Wildman–Crippen MR) is 95.1 cm³/mol. The number of aliphatic hydroxyl groups excluding tert-OH is 1. The molecule has 1 unspecified atom stereocenters. The molecular weight excluding hydrogens is 302 g/mol. The number of hydrogen-bond donors (Lipinski definition) is 1. The van der Waals surface area contributed by atoms with Gasteiger partial charge in [-0.2, -0.15) is 0 Å². The number of likely N-dealkylation sites (tertiary alicyclic amines) is 1. The molecule has 1 N–H and O–H groups in total. The highest BCUT2D eigenvalue weighted by Crippen LogP contribution is 2.42. The number of nitrogens with zero attached hydrogens (tertiary/aromatic N) is 3. The zero-order chi connectivity index (χ0) is 17.7. The number of anilines is 1. The van der Waals surface area contributed by atoms with Crippen molar-refractivity contribution in [1.82, 2.24) is 9.88 Å². The van der Waals surface area contributed by atoms with Crippen LogP contribution in [0.1, 0.15) is 50.9 Å². The van der Waals surface area contributed by atoms with Crippen molar-refractivity contribution < 1.29 is 9.90 Å². The maximum atomic E-state index is 13.1. The van der Waals surface area contributed by atoms with Gasteiger partial charge in [-0.3, -0.25) is 4.79 Å². The lowest BCUT2D eigenvalue weighted by molar-refractivity contribution is 0.0191. The highest BCUT2D eigenvalue weighted by molar-refractivity contribution is 5.95. The molecule has 1 atom stereocenters. The van der Waals surface area contributed by atoms with Crippen molar-refractivity contribution in [2.24, 2.45) is 11.3 Å². The van der Waals surface area contributed by atoms with E-state index in [1.54, 1.807) is 17.2 Å². The molecule has 3 rings (SSSR count). The first kappa shape index (κ1) is 17.2. The lowest BCUT2D eigenvalue weighted by Crippen LogP contribution is -2.48. The van der Waals surface area contributed by atoms with Crippen molar-refractivity contribution in [1.29, 1.82) is 0 Å². The van der Waals surface area contributed by atoms with Gasteiger partial charge in [-0.15, -0.1) is 0 Å². The normalized spacial score (nSPS) is 24.9. The van der Waals surface area contributed by atoms with Crippen LogP contribution in [-0.2, 0) is 0 Å². The van der Waals surface area contributed by atoms with Gasteiger partial charge in [-0.25, -0.2) is 4.98 Å². The zero-order valence-electron chi connectivity index (χ0n) is 15.4. The number of aromatic nitrogens is 1. The Kier molecular flexibility index (Phi) is 4.11. The summed E-state index contributed by atoms with van der Waals surface area (Å²) in [5.41, 5.74) is -0.248. The van der Waals surface area contributed by atoms with Gasteiger partial charge in [0.05, 0.1) is 11.6 Å². The van der Waals surface area contributed by atoms with Crippen molar-refractivity contribution in [2.75, 3.05) is 25.0 Å². The Morgan fingerprint density at radius 1 is 1.38 bits per heavy atom. The maximum Gasteiger partial charge on any atom is 0.254 e. The molecule has 0 aromatic carbocycles. The Morgan fingerprint density at radius 2 is 2.04 bits per heavy atom. The predicted octanol–water partition coefficient (Wildman–Crippen LogP) is 2.55. The summed E-state index contributed by atoms with van der Waals surface area (Å²) in [5.74, 6) is 1.57. The third-order valence-corrected chi connectivity index (χ3v) is 5.53. The number of aliphatic hydroxyl groups is 1. The molecule has 2 aliphatic rings. The first-order valence-corrected chi connectivity index (χ1v) is 8.80. The Hall–Kier alpha value is -1.62. The van der Waals surface area contributed by atoms with Crippen LogP contribution in [0.15, 0.2) is 18.3 Å². The van der Waals surface area contributed by atoms with Crippen molar-refractivity contribution in [3.63, 3.8) is 0 Å². The van der Waals surface area contributed by atoms with Gasteiger partial charge in [-0.05, 0) is 44.7 Å². The van der Waals surface area contributed by atoms with Gasteiger partial charge in [0.1, 0.15) is 5.82 Å². The Balaban J connectivity index is 1.82. The van der Waals surface area contributed by atoms with Crippen molar-refractivity contribution in [2.45, 2.75) is 52.2 Å². The quantitative estimate of drug-likeness (QED) is 0.921. The van der Waals surface area contributed by atoms with Gasteiger partial charge in [-0.1, -0.05) is 13.8 Å². The van der Waals surface area contributed by atoms with E-state index in [-0.39, 0.29) is 11.3 Å². The van der Waals surface area contributed by atoms with Crippen LogP contribution in [0.2, 0.25) is 0 Å². The molecule has 2 fully saturated rings. The van der Waals surface area contributed by atoms with Crippen LogP contribution in [0.25, 0.3) is 0 Å². The standard InChI is InChI=1S/C19H29N3O2/c1-18(2)12-22(19(3,4)17(18)24)16(23)14-8-9-20-15(10-14)21(5)11-13-6-7-13/h8-10,13,17,24H,6-7,11-12H2,1-5H3. The van der Waals surface area contributed by atoms with Crippen molar-refractivity contribution in [3.05, 3.63) is 23.9 Å². The molecule has 5 heteroatoms. The average molecular weight is 331 g/mol. The van der Waals surface area contributed by atoms with Crippen molar-refractivity contribution in [3.8, 4) is 0 Å². The minimum absolute atomic E-state index is 0.0342. The van der Waals surface area contributed by atoms with E-state index in [0.29, 0.717) is 12.1 Å². The number of amides is 1. The van der Waals surface area contributed by atoms with E-state index in [0.717, 1.165) is 18.3 Å². The van der Waals surface area contributed by atoms with Gasteiger partial charge < -0.3 is 14.9 Å². The van der Waals surface area contributed by atoms with Gasteiger partial charge in [0.2, 0.25) is 0 Å². The summed E-state index contributed by atoms with van der Waals surface area (Å²) in [4.78, 5) is 21.4. The zero-order valence-corrected chi connectivity index (χ0v) is 15.4. The van der Waals surface area contributed by atoms with Crippen LogP contribution >= 0.6 is 0 Å². The first-order valence-electron chi connectivity index (χ1n) is 8.80. The molecule has 24 heavy (non-hydrogen) atoms. The number of carbonyl (C=O) groups excluding carboxylic acids is 1. The monoisotopic (exact) mass is 331 g/mol. The van der Waals surface area contributed by atoms with Crippen LogP contribution in [0.4, 0.5) is 5.82 Å². The largest absolute Gasteiger partial charge is 0.390 e. The lowest BCUT2D eigenvalue weighted by atomic mass is 9.82. The smallest absolute Gasteiger partial charge is 0.254 e.